The van der Waals surface area contributed by atoms with Crippen molar-refractivity contribution < 1.29 is 23.0 Å². The molecule has 0 amide bonds. The second-order valence-corrected chi connectivity index (χ2v) is 6.73. The molecule has 1 N–H and O–H groups in total. The van der Waals surface area contributed by atoms with Gasteiger partial charge in [0.2, 0.25) is 0 Å². The summed E-state index contributed by atoms with van der Waals surface area (Å²) in [5.41, 5.74) is -1.08. The number of thioether (sulfide) groups is 1. The molecule has 0 radical (unpaired) electrons. The topological polar surface area (TPSA) is 29.5 Å². The second kappa shape index (κ2) is 5.15. The maximum atomic E-state index is 12.3. The van der Waals surface area contributed by atoms with Crippen molar-refractivity contribution in [2.45, 2.75) is 32.2 Å². The molecule has 1 saturated heterocycles. The number of aliphatic hydroxyl groups is 1. The number of halogens is 3. The molecule has 1 fully saturated rings. The van der Waals surface area contributed by atoms with Crippen LogP contribution in [0.4, 0.5) is 13.2 Å². The average molecular weight is 306 g/mol. The molecule has 6 heteroatoms. The van der Waals surface area contributed by atoms with Crippen molar-refractivity contribution in [1.82, 2.24) is 0 Å². The largest absolute Gasteiger partial charge is 0.573 e. The van der Waals surface area contributed by atoms with E-state index < -0.39 is 17.4 Å². The van der Waals surface area contributed by atoms with Gasteiger partial charge >= 0.3 is 6.36 Å². The Labute approximate surface area is 120 Å². The number of benzene rings is 1. The Morgan fingerprint density at radius 1 is 1.30 bits per heavy atom. The van der Waals surface area contributed by atoms with Crippen LogP contribution in [0.25, 0.3) is 0 Å². The van der Waals surface area contributed by atoms with Crippen molar-refractivity contribution in [3.05, 3.63) is 29.8 Å². The summed E-state index contributed by atoms with van der Waals surface area (Å²) >= 11 is 1.60. The lowest BCUT2D eigenvalue weighted by Gasteiger charge is -2.46. The summed E-state index contributed by atoms with van der Waals surface area (Å²) in [5, 5.41) is 10.9. The molecule has 0 bridgehead atoms. The van der Waals surface area contributed by atoms with Gasteiger partial charge in [0.15, 0.2) is 0 Å². The van der Waals surface area contributed by atoms with Crippen LogP contribution in [0.1, 0.15) is 25.8 Å². The lowest BCUT2D eigenvalue weighted by atomic mass is 9.70. The van der Waals surface area contributed by atoms with E-state index in [0.717, 1.165) is 12.2 Å². The van der Waals surface area contributed by atoms with Gasteiger partial charge in [0.1, 0.15) is 11.4 Å². The number of alkyl halides is 3. The summed E-state index contributed by atoms with van der Waals surface area (Å²) in [6, 6.07) is 5.64. The van der Waals surface area contributed by atoms with Crippen LogP contribution in [0.5, 0.6) is 5.75 Å². The van der Waals surface area contributed by atoms with E-state index in [1.165, 1.54) is 18.2 Å². The van der Waals surface area contributed by atoms with Crippen molar-refractivity contribution in [2.75, 3.05) is 11.5 Å². The Balaban J connectivity index is 2.34. The van der Waals surface area contributed by atoms with Gasteiger partial charge in [-0.15, -0.1) is 13.2 Å². The summed E-state index contributed by atoms with van der Waals surface area (Å²) in [5.74, 6) is 1.11. The zero-order chi connectivity index (χ0) is 15.0. The SMILES string of the molecule is CC1(C)CCSCC1(O)c1cccc(OC(F)(F)F)c1. The van der Waals surface area contributed by atoms with E-state index >= 15 is 0 Å². The minimum atomic E-state index is -4.72. The molecule has 2 nitrogen and oxygen atoms in total. The molecule has 2 rings (SSSR count). The first kappa shape index (κ1) is 15.5. The Bertz CT molecular complexity index is 488. The lowest BCUT2D eigenvalue weighted by Crippen LogP contribution is -2.47. The van der Waals surface area contributed by atoms with Gasteiger partial charge in [0.05, 0.1) is 0 Å². The summed E-state index contributed by atoms with van der Waals surface area (Å²) in [4.78, 5) is 0. The molecular weight excluding hydrogens is 289 g/mol. The van der Waals surface area contributed by atoms with Crippen LogP contribution < -0.4 is 4.74 Å². The van der Waals surface area contributed by atoms with Crippen molar-refractivity contribution in [3.8, 4) is 5.75 Å². The molecule has 112 valence electrons. The lowest BCUT2D eigenvalue weighted by molar-refractivity contribution is -0.274. The fourth-order valence-corrected chi connectivity index (χ4v) is 4.03. The fraction of sp³-hybridized carbons (Fsp3) is 0.571. The smallest absolute Gasteiger partial charge is 0.406 e. The van der Waals surface area contributed by atoms with Crippen LogP contribution in [0.3, 0.4) is 0 Å². The number of hydrogen-bond donors (Lipinski definition) is 1. The second-order valence-electron chi connectivity index (χ2n) is 5.62. The molecule has 1 heterocycles. The number of hydrogen-bond acceptors (Lipinski definition) is 3. The van der Waals surface area contributed by atoms with Crippen LogP contribution in [-0.4, -0.2) is 23.0 Å². The molecule has 1 unspecified atom stereocenters. The Kier molecular flexibility index (Phi) is 3.99. The predicted molar refractivity (Wildman–Crippen MR) is 72.7 cm³/mol. The molecule has 20 heavy (non-hydrogen) atoms. The zero-order valence-corrected chi connectivity index (χ0v) is 12.1. The van der Waals surface area contributed by atoms with E-state index in [0.29, 0.717) is 11.3 Å². The van der Waals surface area contributed by atoms with Crippen LogP contribution in [0.15, 0.2) is 24.3 Å². The van der Waals surface area contributed by atoms with Gasteiger partial charge in [0, 0.05) is 5.75 Å². The van der Waals surface area contributed by atoms with Gasteiger partial charge in [-0.05, 0) is 35.3 Å². The molecule has 1 aliphatic rings. The zero-order valence-electron chi connectivity index (χ0n) is 11.3. The normalized spacial score (nSPS) is 26.3. The maximum Gasteiger partial charge on any atom is 0.573 e. The summed E-state index contributed by atoms with van der Waals surface area (Å²) in [7, 11) is 0. The minimum absolute atomic E-state index is 0.296. The van der Waals surface area contributed by atoms with Crippen molar-refractivity contribution in [1.29, 1.82) is 0 Å². The highest BCUT2D eigenvalue weighted by Crippen LogP contribution is 2.49. The minimum Gasteiger partial charge on any atom is -0.406 e. The molecule has 0 saturated carbocycles. The molecule has 1 aliphatic heterocycles. The van der Waals surface area contributed by atoms with E-state index in [2.05, 4.69) is 4.74 Å². The third kappa shape index (κ3) is 3.06. The summed E-state index contributed by atoms with van der Waals surface area (Å²) in [6.45, 7) is 3.87. The van der Waals surface area contributed by atoms with Crippen LogP contribution in [0, 0.1) is 5.41 Å². The molecular formula is C14H17F3O2S. The van der Waals surface area contributed by atoms with Crippen molar-refractivity contribution in [2.24, 2.45) is 5.41 Å². The average Bonchev–Trinajstić information content (AvgIpc) is 2.31. The summed E-state index contributed by atoms with van der Waals surface area (Å²) < 4.78 is 40.8. The third-order valence-corrected chi connectivity index (χ3v) is 4.96. The van der Waals surface area contributed by atoms with E-state index in [9.17, 15) is 18.3 Å². The quantitative estimate of drug-likeness (QED) is 0.897. The van der Waals surface area contributed by atoms with Crippen LogP contribution in [-0.2, 0) is 5.60 Å². The first-order valence-electron chi connectivity index (χ1n) is 6.30. The van der Waals surface area contributed by atoms with Gasteiger partial charge in [-0.25, -0.2) is 0 Å². The summed E-state index contributed by atoms with van der Waals surface area (Å²) in [6.07, 6.45) is -3.92. The highest BCUT2D eigenvalue weighted by atomic mass is 32.2. The first-order chi connectivity index (χ1) is 9.14. The molecule has 1 aromatic carbocycles. The van der Waals surface area contributed by atoms with Crippen LogP contribution in [0.2, 0.25) is 0 Å². The Morgan fingerprint density at radius 3 is 2.60 bits per heavy atom. The molecule has 1 aromatic rings. The molecule has 0 aromatic heterocycles. The molecule has 0 spiro atoms. The number of ether oxygens (including phenoxy) is 1. The predicted octanol–water partition coefficient (Wildman–Crippen LogP) is 3.94. The molecule has 0 aliphatic carbocycles. The standard InChI is InChI=1S/C14H17F3O2S/c1-12(2)6-7-20-9-13(12,18)10-4-3-5-11(8-10)19-14(15,16)17/h3-5,8,18H,6-7,9H2,1-2H3. The monoisotopic (exact) mass is 306 g/mol. The van der Waals surface area contributed by atoms with E-state index in [1.807, 2.05) is 13.8 Å². The van der Waals surface area contributed by atoms with Crippen molar-refractivity contribution in [3.63, 3.8) is 0 Å². The van der Waals surface area contributed by atoms with Gasteiger partial charge in [-0.1, -0.05) is 26.0 Å². The van der Waals surface area contributed by atoms with Gasteiger partial charge < -0.3 is 9.84 Å². The van der Waals surface area contributed by atoms with Gasteiger partial charge in [-0.3, -0.25) is 0 Å². The highest BCUT2D eigenvalue weighted by Gasteiger charge is 2.47. The van der Waals surface area contributed by atoms with Gasteiger partial charge in [-0.2, -0.15) is 11.8 Å². The maximum absolute atomic E-state index is 12.3. The third-order valence-electron chi connectivity index (χ3n) is 3.85. The highest BCUT2D eigenvalue weighted by molar-refractivity contribution is 7.99. The van der Waals surface area contributed by atoms with Gasteiger partial charge in [0.25, 0.3) is 0 Å². The van der Waals surface area contributed by atoms with Crippen molar-refractivity contribution >= 4 is 11.8 Å². The molecule has 1 atom stereocenters. The number of rotatable bonds is 2. The van der Waals surface area contributed by atoms with E-state index in [1.54, 1.807) is 17.8 Å². The Hall–Kier alpha value is -0.880. The Morgan fingerprint density at radius 2 is 2.00 bits per heavy atom. The van der Waals surface area contributed by atoms with Crippen LogP contribution >= 0.6 is 11.8 Å². The van der Waals surface area contributed by atoms with E-state index in [-0.39, 0.29) is 5.75 Å². The van der Waals surface area contributed by atoms with E-state index in [4.69, 9.17) is 0 Å². The first-order valence-corrected chi connectivity index (χ1v) is 7.46. The fourth-order valence-electron chi connectivity index (χ4n) is 2.37.